The maximum atomic E-state index is 2.63. The molecule has 7 aromatic rings. The number of para-hydroxylation sites is 1. The van der Waals surface area contributed by atoms with Crippen molar-refractivity contribution >= 4 is 49.3 Å². The van der Waals surface area contributed by atoms with E-state index in [0.29, 0.717) is 6.04 Å². The molecule has 1 atom stereocenters. The number of fused-ring (bicyclic) bond motifs is 6. The van der Waals surface area contributed by atoms with Gasteiger partial charge >= 0.3 is 0 Å². The third-order valence-electron chi connectivity index (χ3n) is 9.76. The average Bonchev–Trinajstić information content (AvgIpc) is 3.61. The fraction of sp³-hybridized carbons (Fsp3) is 0.143. The van der Waals surface area contributed by atoms with Crippen LogP contribution in [0.4, 0.5) is 0 Å². The first-order valence-electron chi connectivity index (χ1n) is 16.0. The number of allylic oxidation sites excluding steroid dienone is 6. The molecule has 0 N–H and O–H groups in total. The number of aromatic nitrogens is 2. The minimum absolute atomic E-state index is 0.475. The summed E-state index contributed by atoms with van der Waals surface area (Å²) >= 11 is 0. The lowest BCUT2D eigenvalue weighted by molar-refractivity contribution is 0.485. The van der Waals surface area contributed by atoms with Crippen molar-refractivity contribution in [2.45, 2.75) is 38.1 Å². The van der Waals surface area contributed by atoms with Gasteiger partial charge in [0.1, 0.15) is 0 Å². The maximum Gasteiger partial charge on any atom is 0.0541 e. The fourth-order valence-electron chi connectivity index (χ4n) is 7.64. The van der Waals surface area contributed by atoms with Crippen molar-refractivity contribution in [1.82, 2.24) is 9.13 Å². The predicted molar refractivity (Wildman–Crippen MR) is 188 cm³/mol. The molecule has 9 rings (SSSR count). The Morgan fingerprint density at radius 3 is 1.98 bits per heavy atom. The van der Waals surface area contributed by atoms with Gasteiger partial charge in [0, 0.05) is 44.3 Å². The Morgan fingerprint density at radius 1 is 0.477 bits per heavy atom. The quantitative estimate of drug-likeness (QED) is 0.188. The lowest BCUT2D eigenvalue weighted by Crippen LogP contribution is -2.10. The van der Waals surface area contributed by atoms with Crippen LogP contribution in [-0.2, 0) is 0 Å². The SMILES string of the molecule is C1=CC(n2c3ccccc3c3cc(-c4ccc5c(c4)c4ccc(-c6ccccc6)cc4n5C4CC=CCC4)ccc32)=CCC1. The topological polar surface area (TPSA) is 9.86 Å². The zero-order valence-electron chi connectivity index (χ0n) is 24.8. The minimum atomic E-state index is 0.475. The number of benzene rings is 5. The standard InChI is InChI=1S/C42H34N2/c1-4-12-29(13-5-1)32-20-23-36-38-27-31(22-25-41(38)44(42(36)28-32)34-16-8-3-9-17-34)30-21-24-40-37(26-30)35-18-10-11-19-39(35)43(40)33-14-6-2-7-15-33/h1,3-6,8,10-15,18-28,34H,2,7,9,16-17H2. The molecule has 2 heteroatoms. The Labute approximate surface area is 257 Å². The summed E-state index contributed by atoms with van der Waals surface area (Å²) in [5, 5.41) is 5.29. The summed E-state index contributed by atoms with van der Waals surface area (Å²) in [7, 11) is 0. The third-order valence-corrected chi connectivity index (χ3v) is 9.76. The monoisotopic (exact) mass is 566 g/mol. The van der Waals surface area contributed by atoms with Gasteiger partial charge in [0.15, 0.2) is 0 Å². The molecule has 0 saturated heterocycles. The highest BCUT2D eigenvalue weighted by molar-refractivity contribution is 6.13. The van der Waals surface area contributed by atoms with E-state index in [1.807, 2.05) is 0 Å². The highest BCUT2D eigenvalue weighted by Gasteiger charge is 2.21. The van der Waals surface area contributed by atoms with Gasteiger partial charge in [-0.3, -0.25) is 0 Å². The van der Waals surface area contributed by atoms with Gasteiger partial charge in [-0.05, 0) is 96.8 Å². The Balaban J connectivity index is 1.23. The van der Waals surface area contributed by atoms with Gasteiger partial charge in [-0.2, -0.15) is 0 Å². The molecule has 1 unspecified atom stereocenters. The minimum Gasteiger partial charge on any atom is -0.337 e. The van der Waals surface area contributed by atoms with Gasteiger partial charge in [0.2, 0.25) is 0 Å². The first-order valence-corrected chi connectivity index (χ1v) is 16.0. The smallest absolute Gasteiger partial charge is 0.0541 e. The van der Waals surface area contributed by atoms with Crippen LogP contribution in [0, 0.1) is 0 Å². The molecule has 0 bridgehead atoms. The van der Waals surface area contributed by atoms with Crippen LogP contribution in [0.2, 0.25) is 0 Å². The van der Waals surface area contributed by atoms with Gasteiger partial charge in [0.25, 0.3) is 0 Å². The van der Waals surface area contributed by atoms with E-state index in [1.165, 1.54) is 78.0 Å². The molecule has 2 heterocycles. The molecule has 0 amide bonds. The van der Waals surface area contributed by atoms with Crippen molar-refractivity contribution in [2.24, 2.45) is 0 Å². The van der Waals surface area contributed by atoms with Crippen LogP contribution in [0.1, 0.15) is 38.1 Å². The highest BCUT2D eigenvalue weighted by Crippen LogP contribution is 2.41. The Morgan fingerprint density at radius 2 is 1.18 bits per heavy atom. The summed E-state index contributed by atoms with van der Waals surface area (Å²) < 4.78 is 5.07. The van der Waals surface area contributed by atoms with Crippen LogP contribution in [0.25, 0.3) is 71.6 Å². The van der Waals surface area contributed by atoms with Crippen LogP contribution >= 0.6 is 0 Å². The third kappa shape index (κ3) is 4.02. The van der Waals surface area contributed by atoms with Gasteiger partial charge in [-0.1, -0.05) is 97.1 Å². The van der Waals surface area contributed by atoms with Crippen LogP contribution < -0.4 is 0 Å². The molecular formula is C42H34N2. The van der Waals surface area contributed by atoms with Gasteiger partial charge in [0.05, 0.1) is 11.0 Å². The lowest BCUT2D eigenvalue weighted by Gasteiger charge is -2.22. The number of hydrogen-bond acceptors (Lipinski definition) is 0. The van der Waals surface area contributed by atoms with Gasteiger partial charge in [-0.15, -0.1) is 0 Å². The van der Waals surface area contributed by atoms with Gasteiger partial charge < -0.3 is 9.13 Å². The highest BCUT2D eigenvalue weighted by atomic mass is 15.0. The van der Waals surface area contributed by atoms with Crippen molar-refractivity contribution in [2.75, 3.05) is 0 Å². The molecule has 2 aliphatic rings. The average molecular weight is 567 g/mol. The molecular weight excluding hydrogens is 532 g/mol. The number of nitrogens with zero attached hydrogens (tertiary/aromatic N) is 2. The van der Waals surface area contributed by atoms with E-state index in [0.717, 1.165) is 25.7 Å². The summed E-state index contributed by atoms with van der Waals surface area (Å²) in [4.78, 5) is 0. The van der Waals surface area contributed by atoms with Crippen LogP contribution in [-0.4, -0.2) is 9.13 Å². The molecule has 0 fully saturated rings. The molecule has 2 nitrogen and oxygen atoms in total. The van der Waals surface area contributed by atoms with E-state index in [2.05, 4.69) is 149 Å². The molecule has 212 valence electrons. The second-order valence-electron chi connectivity index (χ2n) is 12.3. The van der Waals surface area contributed by atoms with Crippen molar-refractivity contribution in [3.05, 3.63) is 140 Å². The van der Waals surface area contributed by atoms with Crippen molar-refractivity contribution in [3.63, 3.8) is 0 Å². The fourth-order valence-corrected chi connectivity index (χ4v) is 7.64. The number of rotatable bonds is 4. The molecule has 2 aliphatic carbocycles. The number of hydrogen-bond donors (Lipinski definition) is 0. The second-order valence-corrected chi connectivity index (χ2v) is 12.3. The first-order chi connectivity index (χ1) is 21.8. The zero-order valence-corrected chi connectivity index (χ0v) is 24.8. The van der Waals surface area contributed by atoms with Crippen molar-refractivity contribution in [1.29, 1.82) is 0 Å². The van der Waals surface area contributed by atoms with E-state index in [-0.39, 0.29) is 0 Å². The van der Waals surface area contributed by atoms with E-state index < -0.39 is 0 Å². The Hall–Kier alpha value is -5.08. The predicted octanol–water partition coefficient (Wildman–Crippen LogP) is 11.7. The second kappa shape index (κ2) is 10.3. The zero-order chi connectivity index (χ0) is 29.0. The van der Waals surface area contributed by atoms with E-state index in [4.69, 9.17) is 0 Å². The van der Waals surface area contributed by atoms with Crippen LogP contribution in [0.5, 0.6) is 0 Å². The molecule has 2 aromatic heterocycles. The van der Waals surface area contributed by atoms with Crippen molar-refractivity contribution in [3.8, 4) is 22.3 Å². The molecule has 5 aromatic carbocycles. The molecule has 44 heavy (non-hydrogen) atoms. The molecule has 0 radical (unpaired) electrons. The van der Waals surface area contributed by atoms with Gasteiger partial charge in [-0.25, -0.2) is 0 Å². The lowest BCUT2D eigenvalue weighted by atomic mass is 9.99. The molecule has 0 spiro atoms. The maximum absolute atomic E-state index is 2.63. The first kappa shape index (κ1) is 25.4. The summed E-state index contributed by atoms with van der Waals surface area (Å²) in [5.41, 5.74) is 11.6. The van der Waals surface area contributed by atoms with E-state index >= 15 is 0 Å². The van der Waals surface area contributed by atoms with E-state index in [9.17, 15) is 0 Å². The normalized spacial score (nSPS) is 16.8. The van der Waals surface area contributed by atoms with Crippen LogP contribution in [0.15, 0.2) is 140 Å². The van der Waals surface area contributed by atoms with Crippen molar-refractivity contribution < 1.29 is 0 Å². The Kier molecular flexibility index (Phi) is 5.94. The molecule has 0 saturated carbocycles. The van der Waals surface area contributed by atoms with E-state index in [1.54, 1.807) is 0 Å². The molecule has 0 aliphatic heterocycles. The Bertz CT molecular complexity index is 2310. The van der Waals surface area contributed by atoms with Crippen LogP contribution in [0.3, 0.4) is 0 Å². The summed E-state index contributed by atoms with van der Waals surface area (Å²) in [6.45, 7) is 0. The summed E-state index contributed by atoms with van der Waals surface area (Å²) in [5.74, 6) is 0. The summed E-state index contributed by atoms with van der Waals surface area (Å²) in [6, 6.07) is 41.3. The largest absolute Gasteiger partial charge is 0.337 e. The summed E-state index contributed by atoms with van der Waals surface area (Å²) in [6.07, 6.45) is 17.3.